The molecule has 0 radical (unpaired) electrons. The third-order valence-electron chi connectivity index (χ3n) is 6.51. The molecule has 8 nitrogen and oxygen atoms in total. The van der Waals surface area contributed by atoms with Crippen molar-refractivity contribution in [1.82, 2.24) is 19.5 Å². The van der Waals surface area contributed by atoms with Crippen LogP contribution in [0.1, 0.15) is 67.8 Å². The number of fused-ring (bicyclic) bond motifs is 1. The molecule has 3 aromatic rings. The van der Waals surface area contributed by atoms with E-state index in [4.69, 9.17) is 10.7 Å². The van der Waals surface area contributed by atoms with Crippen LogP contribution in [0, 0.1) is 0 Å². The predicted octanol–water partition coefficient (Wildman–Crippen LogP) is 4.72. The number of amides is 1. The van der Waals surface area contributed by atoms with Gasteiger partial charge in [0.2, 0.25) is 5.95 Å². The van der Waals surface area contributed by atoms with Crippen LogP contribution < -0.4 is 16.4 Å². The van der Waals surface area contributed by atoms with E-state index in [9.17, 15) is 4.79 Å². The molecule has 2 aliphatic carbocycles. The van der Waals surface area contributed by atoms with E-state index in [0.29, 0.717) is 28.9 Å². The van der Waals surface area contributed by atoms with Gasteiger partial charge in [0.15, 0.2) is 17.0 Å². The lowest BCUT2D eigenvalue weighted by Gasteiger charge is -2.27. The van der Waals surface area contributed by atoms with Crippen molar-refractivity contribution in [2.24, 2.45) is 5.73 Å². The highest BCUT2D eigenvalue weighted by Gasteiger charge is 2.24. The second-order valence-electron chi connectivity index (χ2n) is 8.73. The summed E-state index contributed by atoms with van der Waals surface area (Å²) in [4.78, 5) is 26.9. The number of carbonyl (C=O) groups excluding carboxylic acids is 1. The first-order chi connectivity index (χ1) is 15.2. The molecule has 1 amide bonds. The maximum Gasteiger partial charge on any atom is 0.256 e. The summed E-state index contributed by atoms with van der Waals surface area (Å²) in [5.74, 6) is 0.785. The first-order valence-corrected chi connectivity index (χ1v) is 11.3. The number of anilines is 2. The Kier molecular flexibility index (Phi) is 8.51. The van der Waals surface area contributed by atoms with Gasteiger partial charge in [0.1, 0.15) is 0 Å². The van der Waals surface area contributed by atoms with E-state index in [1.165, 1.54) is 12.8 Å². The van der Waals surface area contributed by atoms with Gasteiger partial charge in [-0.05, 0) is 50.7 Å². The SMILES string of the molecule is Cl.Cl.N[C@H]1CC[C@H](Nc2nc(NC(=O)c3ccccc3)c3ncn(C4CCCC4)c3n2)CC1. The average Bonchev–Trinajstić information content (AvgIpc) is 3.46. The summed E-state index contributed by atoms with van der Waals surface area (Å²) < 4.78 is 2.16. The molecule has 2 aromatic heterocycles. The van der Waals surface area contributed by atoms with Gasteiger partial charge in [-0.15, -0.1) is 24.8 Å². The van der Waals surface area contributed by atoms with Crippen LogP contribution in [0.3, 0.4) is 0 Å². The van der Waals surface area contributed by atoms with E-state index in [2.05, 4.69) is 25.2 Å². The molecule has 0 aliphatic heterocycles. The second kappa shape index (κ2) is 11.1. The van der Waals surface area contributed by atoms with Crippen LogP contribution >= 0.6 is 24.8 Å². The lowest BCUT2D eigenvalue weighted by molar-refractivity contribution is 0.102. The molecule has 0 bridgehead atoms. The van der Waals surface area contributed by atoms with Crippen LogP contribution in [-0.2, 0) is 0 Å². The van der Waals surface area contributed by atoms with Gasteiger partial charge in [-0.25, -0.2) is 4.98 Å². The molecule has 0 saturated heterocycles. The number of rotatable bonds is 5. The van der Waals surface area contributed by atoms with Gasteiger partial charge < -0.3 is 20.9 Å². The third-order valence-corrected chi connectivity index (χ3v) is 6.51. The number of hydrogen-bond acceptors (Lipinski definition) is 6. The van der Waals surface area contributed by atoms with E-state index in [0.717, 1.165) is 44.2 Å². The van der Waals surface area contributed by atoms with E-state index >= 15 is 0 Å². The highest BCUT2D eigenvalue weighted by molar-refractivity contribution is 6.06. The van der Waals surface area contributed by atoms with Crippen molar-refractivity contribution in [3.63, 3.8) is 0 Å². The molecular formula is C23H31Cl2N7O. The van der Waals surface area contributed by atoms with Gasteiger partial charge >= 0.3 is 0 Å². The van der Waals surface area contributed by atoms with Crippen LogP contribution in [0.5, 0.6) is 0 Å². The number of nitrogens with two attached hydrogens (primary N) is 1. The van der Waals surface area contributed by atoms with Gasteiger partial charge in [-0.1, -0.05) is 31.0 Å². The minimum Gasteiger partial charge on any atom is -0.351 e. The summed E-state index contributed by atoms with van der Waals surface area (Å²) >= 11 is 0. The van der Waals surface area contributed by atoms with Crippen molar-refractivity contribution in [2.45, 2.75) is 69.5 Å². The standard InChI is InChI=1S/C23H29N7O.2ClH/c24-16-10-12-17(13-11-16)26-23-28-20(27-22(31)15-6-2-1-3-7-15)19-21(29-23)30(14-25-19)18-8-4-5-9-18;;/h1-3,6-7,14,16-18H,4-5,8-13,24H2,(H2,26,27,28,29,31);2*1H/t16-,17-;;. The van der Waals surface area contributed by atoms with Gasteiger partial charge in [-0.2, -0.15) is 9.97 Å². The molecule has 2 saturated carbocycles. The molecule has 1 aromatic carbocycles. The fourth-order valence-corrected chi connectivity index (χ4v) is 4.73. The molecule has 2 fully saturated rings. The van der Waals surface area contributed by atoms with Crippen LogP contribution in [-0.4, -0.2) is 37.5 Å². The number of nitrogens with one attached hydrogen (secondary N) is 2. The molecule has 2 heterocycles. The van der Waals surface area contributed by atoms with E-state index < -0.39 is 0 Å². The Balaban J connectivity index is 0.00000153. The van der Waals surface area contributed by atoms with Crippen LogP contribution in [0.4, 0.5) is 11.8 Å². The van der Waals surface area contributed by atoms with Crippen molar-refractivity contribution in [1.29, 1.82) is 0 Å². The molecular weight excluding hydrogens is 461 g/mol. The van der Waals surface area contributed by atoms with Crippen molar-refractivity contribution < 1.29 is 4.79 Å². The van der Waals surface area contributed by atoms with Gasteiger partial charge in [0, 0.05) is 23.7 Å². The molecule has 0 unspecified atom stereocenters. The third kappa shape index (κ3) is 5.57. The zero-order valence-corrected chi connectivity index (χ0v) is 20.1. The average molecular weight is 492 g/mol. The summed E-state index contributed by atoms with van der Waals surface area (Å²) in [6, 6.07) is 10.1. The minimum absolute atomic E-state index is 0. The number of imidazole rings is 1. The Bertz CT molecular complexity index is 1060. The van der Waals surface area contributed by atoms with Crippen molar-refractivity contribution >= 4 is 53.7 Å². The quantitative estimate of drug-likeness (QED) is 0.476. The zero-order chi connectivity index (χ0) is 21.2. The molecule has 4 N–H and O–H groups in total. The Morgan fingerprint density at radius 2 is 1.67 bits per heavy atom. The smallest absolute Gasteiger partial charge is 0.256 e. The highest BCUT2D eigenvalue weighted by Crippen LogP contribution is 2.33. The van der Waals surface area contributed by atoms with Crippen molar-refractivity contribution in [2.75, 3.05) is 10.6 Å². The Morgan fingerprint density at radius 1 is 0.970 bits per heavy atom. The molecule has 0 atom stereocenters. The number of halogens is 2. The molecule has 5 rings (SSSR count). The Hall–Kier alpha value is -2.42. The van der Waals surface area contributed by atoms with E-state index in [1.54, 1.807) is 12.1 Å². The molecule has 0 spiro atoms. The van der Waals surface area contributed by atoms with Gasteiger partial charge in [-0.3, -0.25) is 4.79 Å². The first-order valence-electron chi connectivity index (χ1n) is 11.3. The van der Waals surface area contributed by atoms with Gasteiger partial charge in [0.25, 0.3) is 5.91 Å². The molecule has 178 valence electrons. The number of aromatic nitrogens is 4. The summed E-state index contributed by atoms with van der Waals surface area (Å²) in [5, 5.41) is 6.45. The number of hydrogen-bond donors (Lipinski definition) is 3. The van der Waals surface area contributed by atoms with Crippen LogP contribution in [0.25, 0.3) is 11.2 Å². The monoisotopic (exact) mass is 491 g/mol. The molecule has 10 heteroatoms. The lowest BCUT2D eigenvalue weighted by atomic mass is 9.92. The summed E-state index contributed by atoms with van der Waals surface area (Å²) in [5.41, 5.74) is 8.05. The molecule has 33 heavy (non-hydrogen) atoms. The normalized spacial score (nSPS) is 20.6. The van der Waals surface area contributed by atoms with Gasteiger partial charge in [0.05, 0.1) is 6.33 Å². The summed E-state index contributed by atoms with van der Waals surface area (Å²) in [6.45, 7) is 0. The second-order valence-corrected chi connectivity index (χ2v) is 8.73. The fraction of sp³-hybridized carbons (Fsp3) is 0.478. The maximum absolute atomic E-state index is 12.8. The minimum atomic E-state index is -0.203. The Morgan fingerprint density at radius 3 is 2.36 bits per heavy atom. The van der Waals surface area contributed by atoms with Crippen molar-refractivity contribution in [3.8, 4) is 0 Å². The maximum atomic E-state index is 12.8. The van der Waals surface area contributed by atoms with E-state index in [-0.39, 0.29) is 42.8 Å². The topological polar surface area (TPSA) is 111 Å². The van der Waals surface area contributed by atoms with Crippen LogP contribution in [0.2, 0.25) is 0 Å². The largest absolute Gasteiger partial charge is 0.351 e. The first kappa shape index (κ1) is 25.2. The zero-order valence-electron chi connectivity index (χ0n) is 18.4. The lowest BCUT2D eigenvalue weighted by Crippen LogP contribution is -2.33. The molecule has 2 aliphatic rings. The fourth-order valence-electron chi connectivity index (χ4n) is 4.73. The Labute approximate surface area is 206 Å². The predicted molar refractivity (Wildman–Crippen MR) is 136 cm³/mol. The highest BCUT2D eigenvalue weighted by atomic mass is 35.5. The van der Waals surface area contributed by atoms with E-state index in [1.807, 2.05) is 24.5 Å². The number of benzene rings is 1. The van der Waals surface area contributed by atoms with Crippen LogP contribution in [0.15, 0.2) is 36.7 Å². The number of nitrogens with zero attached hydrogens (tertiary/aromatic N) is 4. The van der Waals surface area contributed by atoms with Crippen molar-refractivity contribution in [3.05, 3.63) is 42.2 Å². The number of carbonyl (C=O) groups is 1. The summed E-state index contributed by atoms with van der Waals surface area (Å²) in [7, 11) is 0. The summed E-state index contributed by atoms with van der Waals surface area (Å²) in [6.07, 6.45) is 10.5.